The third-order valence-electron chi connectivity index (χ3n) is 9.44. The van der Waals surface area contributed by atoms with Crippen LogP contribution in [-0.2, 0) is 23.9 Å². The first kappa shape index (κ1) is 23.4. The standard InChI is InChI=1S/C25H36O7/c1-14(26)31-13-22(29)25(30)21(28)12-20-18-6-5-16-11-17(32-15(2)27)7-9-23(16,3)19(18)8-10-24(20,25)4/h5,17-21,28,30H,6-13H2,1-4H3/t17-,18+,19-,20+,21+,23-,24-,25-/m0/s1. The van der Waals surface area contributed by atoms with Crippen molar-refractivity contribution in [2.24, 2.45) is 28.6 Å². The summed E-state index contributed by atoms with van der Waals surface area (Å²) in [5.41, 5.74) is -1.30. The van der Waals surface area contributed by atoms with Gasteiger partial charge < -0.3 is 19.7 Å². The van der Waals surface area contributed by atoms with E-state index < -0.39 is 35.5 Å². The van der Waals surface area contributed by atoms with Crippen LogP contribution in [0.5, 0.6) is 0 Å². The van der Waals surface area contributed by atoms with Crippen molar-refractivity contribution in [1.29, 1.82) is 0 Å². The van der Waals surface area contributed by atoms with Gasteiger partial charge in [0.25, 0.3) is 0 Å². The first-order chi connectivity index (χ1) is 14.9. The van der Waals surface area contributed by atoms with Gasteiger partial charge in [-0.3, -0.25) is 14.4 Å². The normalized spacial score (nSPS) is 45.1. The molecule has 7 nitrogen and oxygen atoms in total. The second-order valence-corrected chi connectivity index (χ2v) is 10.9. The maximum absolute atomic E-state index is 13.0. The van der Waals surface area contributed by atoms with Crippen molar-refractivity contribution in [3.8, 4) is 0 Å². The maximum Gasteiger partial charge on any atom is 0.303 e. The number of aliphatic hydroxyl groups is 2. The molecule has 0 unspecified atom stereocenters. The van der Waals surface area contributed by atoms with E-state index in [1.165, 1.54) is 19.4 Å². The monoisotopic (exact) mass is 448 g/mol. The minimum absolute atomic E-state index is 0.00310. The van der Waals surface area contributed by atoms with Crippen LogP contribution in [0.3, 0.4) is 0 Å². The van der Waals surface area contributed by atoms with Crippen LogP contribution in [0, 0.1) is 28.6 Å². The summed E-state index contributed by atoms with van der Waals surface area (Å²) in [4.78, 5) is 35.6. The molecule has 0 amide bonds. The molecule has 8 atom stereocenters. The number of ketones is 1. The highest BCUT2D eigenvalue weighted by Crippen LogP contribution is 2.67. The predicted molar refractivity (Wildman–Crippen MR) is 115 cm³/mol. The molecule has 4 aliphatic rings. The third-order valence-corrected chi connectivity index (χ3v) is 9.44. The van der Waals surface area contributed by atoms with Crippen molar-refractivity contribution in [1.82, 2.24) is 0 Å². The van der Waals surface area contributed by atoms with Gasteiger partial charge >= 0.3 is 11.9 Å². The van der Waals surface area contributed by atoms with Crippen LogP contribution in [-0.4, -0.2) is 52.4 Å². The predicted octanol–water partition coefficient (Wildman–Crippen LogP) is 2.71. The zero-order chi connectivity index (χ0) is 23.5. The van der Waals surface area contributed by atoms with E-state index >= 15 is 0 Å². The van der Waals surface area contributed by atoms with E-state index in [9.17, 15) is 24.6 Å². The largest absolute Gasteiger partial charge is 0.462 e. The zero-order valence-electron chi connectivity index (χ0n) is 19.6. The van der Waals surface area contributed by atoms with E-state index in [1.807, 2.05) is 6.92 Å². The van der Waals surface area contributed by atoms with Gasteiger partial charge in [0.1, 0.15) is 6.10 Å². The molecular weight excluding hydrogens is 412 g/mol. The quantitative estimate of drug-likeness (QED) is 0.503. The molecule has 0 aromatic heterocycles. The number of rotatable bonds is 4. The van der Waals surface area contributed by atoms with Gasteiger partial charge in [-0.25, -0.2) is 0 Å². The molecule has 0 radical (unpaired) electrons. The number of allylic oxidation sites excluding steroid dienone is 1. The Balaban J connectivity index is 1.59. The summed E-state index contributed by atoms with van der Waals surface area (Å²) in [6.45, 7) is 6.40. The summed E-state index contributed by atoms with van der Waals surface area (Å²) in [6, 6.07) is 0. The number of aliphatic hydroxyl groups excluding tert-OH is 1. The molecule has 4 rings (SSSR count). The molecule has 32 heavy (non-hydrogen) atoms. The number of esters is 2. The van der Waals surface area contributed by atoms with Gasteiger partial charge in [-0.2, -0.15) is 0 Å². The van der Waals surface area contributed by atoms with E-state index in [-0.39, 0.29) is 29.3 Å². The van der Waals surface area contributed by atoms with E-state index in [1.54, 1.807) is 0 Å². The third kappa shape index (κ3) is 3.35. The molecule has 0 bridgehead atoms. The highest BCUT2D eigenvalue weighted by Gasteiger charge is 2.69. The van der Waals surface area contributed by atoms with Crippen LogP contribution in [0.2, 0.25) is 0 Å². The van der Waals surface area contributed by atoms with Crippen molar-refractivity contribution in [3.05, 3.63) is 11.6 Å². The minimum atomic E-state index is -1.91. The fraction of sp³-hybridized carbons (Fsp3) is 0.800. The van der Waals surface area contributed by atoms with Gasteiger partial charge in [0.15, 0.2) is 12.2 Å². The lowest BCUT2D eigenvalue weighted by molar-refractivity contribution is -0.181. The van der Waals surface area contributed by atoms with Crippen LogP contribution in [0.4, 0.5) is 0 Å². The minimum Gasteiger partial charge on any atom is -0.462 e. The fourth-order valence-electron chi connectivity index (χ4n) is 7.76. The Bertz CT molecular complexity index is 849. The van der Waals surface area contributed by atoms with Crippen molar-refractivity contribution in [3.63, 3.8) is 0 Å². The van der Waals surface area contributed by atoms with E-state index in [0.29, 0.717) is 18.8 Å². The molecule has 3 saturated carbocycles. The lowest BCUT2D eigenvalue weighted by Gasteiger charge is -2.58. The molecule has 0 saturated heterocycles. The second kappa shape index (κ2) is 7.94. The van der Waals surface area contributed by atoms with E-state index in [0.717, 1.165) is 32.1 Å². The summed E-state index contributed by atoms with van der Waals surface area (Å²) in [6.07, 6.45) is 6.31. The lowest BCUT2D eigenvalue weighted by atomic mass is 9.46. The van der Waals surface area contributed by atoms with E-state index in [4.69, 9.17) is 9.47 Å². The summed E-state index contributed by atoms with van der Waals surface area (Å²) >= 11 is 0. The summed E-state index contributed by atoms with van der Waals surface area (Å²) in [5.74, 6) is -0.761. The van der Waals surface area contributed by atoms with Crippen molar-refractivity contribution < 1.29 is 34.1 Å². The Labute approximate surface area is 189 Å². The lowest BCUT2D eigenvalue weighted by Crippen LogP contribution is -2.61. The fourth-order valence-corrected chi connectivity index (χ4v) is 7.76. The van der Waals surface area contributed by atoms with Crippen LogP contribution in [0.25, 0.3) is 0 Å². The number of hydrogen-bond donors (Lipinski definition) is 2. The van der Waals surface area contributed by atoms with Gasteiger partial charge in [0.05, 0.1) is 6.10 Å². The smallest absolute Gasteiger partial charge is 0.303 e. The molecule has 178 valence electrons. The van der Waals surface area contributed by atoms with Crippen molar-refractivity contribution in [2.45, 2.75) is 90.4 Å². The maximum atomic E-state index is 13.0. The van der Waals surface area contributed by atoms with Gasteiger partial charge in [0, 0.05) is 25.7 Å². The van der Waals surface area contributed by atoms with Crippen molar-refractivity contribution in [2.75, 3.05) is 6.61 Å². The molecular formula is C25H36O7. The number of ether oxygens (including phenoxy) is 2. The van der Waals surface area contributed by atoms with Gasteiger partial charge in [0.2, 0.25) is 5.78 Å². The Kier molecular flexibility index (Phi) is 5.82. The number of fused-ring (bicyclic) bond motifs is 5. The molecule has 2 N–H and O–H groups in total. The van der Waals surface area contributed by atoms with Gasteiger partial charge in [-0.15, -0.1) is 0 Å². The van der Waals surface area contributed by atoms with Gasteiger partial charge in [-0.05, 0) is 61.7 Å². The first-order valence-corrected chi connectivity index (χ1v) is 11.9. The molecule has 0 aliphatic heterocycles. The topological polar surface area (TPSA) is 110 Å². The average molecular weight is 449 g/mol. The molecule has 4 aliphatic carbocycles. The average Bonchev–Trinajstić information content (AvgIpc) is 2.93. The molecule has 0 aromatic carbocycles. The SMILES string of the molecule is CC(=O)OCC(=O)[C@@]1(O)[C@H](O)C[C@@H]2[C@@H]3CC=C4C[C@@H](OC(C)=O)CC[C@]4(C)[C@H]3CC[C@@]21C. The molecule has 3 fully saturated rings. The Morgan fingerprint density at radius 1 is 1.09 bits per heavy atom. The van der Waals surface area contributed by atoms with Crippen LogP contribution in [0.1, 0.15) is 72.6 Å². The van der Waals surface area contributed by atoms with Crippen molar-refractivity contribution >= 4 is 17.7 Å². The molecule has 0 aromatic rings. The summed E-state index contributed by atoms with van der Waals surface area (Å²) < 4.78 is 10.4. The van der Waals surface area contributed by atoms with E-state index in [2.05, 4.69) is 13.0 Å². The second-order valence-electron chi connectivity index (χ2n) is 10.9. The zero-order valence-corrected chi connectivity index (χ0v) is 19.6. The highest BCUT2D eigenvalue weighted by molar-refractivity contribution is 5.91. The first-order valence-electron chi connectivity index (χ1n) is 11.9. The van der Waals surface area contributed by atoms with Crippen LogP contribution >= 0.6 is 0 Å². The Morgan fingerprint density at radius 3 is 2.47 bits per heavy atom. The number of carbonyl (C=O) groups is 3. The highest BCUT2D eigenvalue weighted by atomic mass is 16.5. The van der Waals surface area contributed by atoms with Crippen LogP contribution < -0.4 is 0 Å². The van der Waals surface area contributed by atoms with Crippen LogP contribution in [0.15, 0.2) is 11.6 Å². The molecule has 7 heteroatoms. The number of hydrogen-bond acceptors (Lipinski definition) is 7. The Morgan fingerprint density at radius 2 is 1.81 bits per heavy atom. The molecule has 0 spiro atoms. The number of Topliss-reactive ketones (excluding diaryl/α,β-unsaturated/α-hetero) is 1. The summed E-state index contributed by atoms with van der Waals surface area (Å²) in [7, 11) is 0. The Hall–Kier alpha value is -1.73. The molecule has 0 heterocycles. The summed E-state index contributed by atoms with van der Waals surface area (Å²) in [5, 5.41) is 22.5. The van der Waals surface area contributed by atoms with Gasteiger partial charge in [-0.1, -0.05) is 25.5 Å². The number of carbonyl (C=O) groups excluding carboxylic acids is 3.